The minimum Gasteiger partial charge on any atom is -0.370 e. The van der Waals surface area contributed by atoms with Gasteiger partial charge in [-0.2, -0.15) is 19.6 Å². The predicted octanol–water partition coefficient (Wildman–Crippen LogP) is 2.23. The number of hydrogen-bond acceptors (Lipinski definition) is 5. The maximum Gasteiger partial charge on any atom is 0.255 e. The SMILES string of the molecule is CCN(CC)CCCNc1c(C)c(Cl)nc2ncnn12. The van der Waals surface area contributed by atoms with Crippen LogP contribution in [-0.4, -0.2) is 50.7 Å². The summed E-state index contributed by atoms with van der Waals surface area (Å²) in [6.07, 6.45) is 2.55. The Hall–Kier alpha value is -1.40. The highest BCUT2D eigenvalue weighted by Crippen LogP contribution is 2.21. The second-order valence-electron chi connectivity index (χ2n) is 4.66. The van der Waals surface area contributed by atoms with Crippen LogP contribution in [0.1, 0.15) is 25.8 Å². The number of nitrogens with zero attached hydrogens (tertiary/aromatic N) is 5. The van der Waals surface area contributed by atoms with Gasteiger partial charge in [-0.05, 0) is 33.0 Å². The summed E-state index contributed by atoms with van der Waals surface area (Å²) in [4.78, 5) is 10.7. The van der Waals surface area contributed by atoms with Crippen molar-refractivity contribution in [2.45, 2.75) is 27.2 Å². The van der Waals surface area contributed by atoms with E-state index >= 15 is 0 Å². The number of halogens is 1. The largest absolute Gasteiger partial charge is 0.370 e. The van der Waals surface area contributed by atoms with Crippen LogP contribution in [0.25, 0.3) is 5.78 Å². The van der Waals surface area contributed by atoms with Crippen molar-refractivity contribution in [2.24, 2.45) is 0 Å². The van der Waals surface area contributed by atoms with E-state index in [1.165, 1.54) is 6.33 Å². The van der Waals surface area contributed by atoms with Crippen molar-refractivity contribution < 1.29 is 0 Å². The second-order valence-corrected chi connectivity index (χ2v) is 5.01. The fourth-order valence-electron chi connectivity index (χ4n) is 2.15. The van der Waals surface area contributed by atoms with Gasteiger partial charge in [-0.15, -0.1) is 0 Å². The van der Waals surface area contributed by atoms with E-state index in [1.807, 2.05) is 6.92 Å². The van der Waals surface area contributed by atoms with Gasteiger partial charge in [-0.3, -0.25) is 0 Å². The maximum absolute atomic E-state index is 6.12. The zero-order chi connectivity index (χ0) is 14.5. The van der Waals surface area contributed by atoms with Crippen LogP contribution in [0.15, 0.2) is 6.33 Å². The number of aromatic nitrogens is 4. The summed E-state index contributed by atoms with van der Waals surface area (Å²) in [6, 6.07) is 0. The van der Waals surface area contributed by atoms with Crippen molar-refractivity contribution in [3.8, 4) is 0 Å². The van der Waals surface area contributed by atoms with Crippen molar-refractivity contribution in [3.63, 3.8) is 0 Å². The quantitative estimate of drug-likeness (QED) is 0.627. The third-order valence-corrected chi connectivity index (χ3v) is 3.81. The lowest BCUT2D eigenvalue weighted by Gasteiger charge is -2.18. The number of nitrogens with one attached hydrogen (secondary N) is 1. The zero-order valence-corrected chi connectivity index (χ0v) is 13.0. The van der Waals surface area contributed by atoms with Gasteiger partial charge >= 0.3 is 0 Å². The lowest BCUT2D eigenvalue weighted by molar-refractivity contribution is 0.303. The molecule has 0 radical (unpaired) electrons. The molecule has 0 aliphatic carbocycles. The van der Waals surface area contributed by atoms with Gasteiger partial charge in [0.05, 0.1) is 0 Å². The molecule has 2 aromatic heterocycles. The predicted molar refractivity (Wildman–Crippen MR) is 81.4 cm³/mol. The summed E-state index contributed by atoms with van der Waals surface area (Å²) < 4.78 is 1.69. The molecule has 2 aromatic rings. The Bertz CT molecular complexity index is 563. The normalized spacial score (nSPS) is 11.4. The standard InChI is InChI=1S/C13H21ClN6/c1-4-19(5-2)8-6-7-15-12-10(3)11(14)18-13-16-9-17-20(12)13/h9,15H,4-8H2,1-3H3. The first-order chi connectivity index (χ1) is 9.67. The first kappa shape index (κ1) is 15.0. The molecule has 7 heteroatoms. The van der Waals surface area contributed by atoms with Crippen molar-refractivity contribution in [1.82, 2.24) is 24.5 Å². The van der Waals surface area contributed by atoms with Gasteiger partial charge in [0, 0.05) is 12.1 Å². The average Bonchev–Trinajstić information content (AvgIpc) is 2.90. The summed E-state index contributed by atoms with van der Waals surface area (Å²) in [5.41, 5.74) is 0.896. The van der Waals surface area contributed by atoms with E-state index in [-0.39, 0.29) is 0 Å². The monoisotopic (exact) mass is 296 g/mol. The van der Waals surface area contributed by atoms with Crippen molar-refractivity contribution in [3.05, 3.63) is 17.0 Å². The van der Waals surface area contributed by atoms with Crippen LogP contribution in [0, 0.1) is 6.92 Å². The number of rotatable bonds is 7. The highest BCUT2D eigenvalue weighted by molar-refractivity contribution is 6.30. The molecule has 0 aliphatic heterocycles. The molecule has 2 heterocycles. The minimum absolute atomic E-state index is 0.469. The van der Waals surface area contributed by atoms with Crippen LogP contribution >= 0.6 is 11.6 Å². The van der Waals surface area contributed by atoms with Crippen LogP contribution in [-0.2, 0) is 0 Å². The molecule has 110 valence electrons. The zero-order valence-electron chi connectivity index (χ0n) is 12.2. The van der Waals surface area contributed by atoms with E-state index in [1.54, 1.807) is 4.52 Å². The molecule has 0 saturated heterocycles. The van der Waals surface area contributed by atoms with E-state index < -0.39 is 0 Å². The molecule has 0 bridgehead atoms. The van der Waals surface area contributed by atoms with Crippen LogP contribution in [0.4, 0.5) is 5.82 Å². The molecule has 0 saturated carbocycles. The van der Waals surface area contributed by atoms with E-state index in [2.05, 4.69) is 39.1 Å². The maximum atomic E-state index is 6.12. The molecule has 20 heavy (non-hydrogen) atoms. The summed E-state index contributed by atoms with van der Waals surface area (Å²) >= 11 is 6.12. The Kier molecular flexibility index (Phi) is 5.14. The number of fused-ring (bicyclic) bond motifs is 1. The van der Waals surface area contributed by atoms with Gasteiger partial charge in [-0.1, -0.05) is 25.4 Å². The summed E-state index contributed by atoms with van der Waals surface area (Å²) in [6.45, 7) is 10.4. The summed E-state index contributed by atoms with van der Waals surface area (Å²) in [5.74, 6) is 1.39. The molecule has 0 aliphatic rings. The molecular formula is C13H21ClN6. The Balaban J connectivity index is 2.02. The summed E-state index contributed by atoms with van der Waals surface area (Å²) in [7, 11) is 0. The molecule has 2 rings (SSSR count). The number of hydrogen-bond donors (Lipinski definition) is 1. The minimum atomic E-state index is 0.469. The van der Waals surface area contributed by atoms with Gasteiger partial charge in [0.25, 0.3) is 5.78 Å². The molecule has 6 nitrogen and oxygen atoms in total. The van der Waals surface area contributed by atoms with Crippen LogP contribution < -0.4 is 5.32 Å². The average molecular weight is 297 g/mol. The van der Waals surface area contributed by atoms with Crippen LogP contribution in [0.3, 0.4) is 0 Å². The highest BCUT2D eigenvalue weighted by atomic mass is 35.5. The van der Waals surface area contributed by atoms with Gasteiger partial charge in [-0.25, -0.2) is 0 Å². The van der Waals surface area contributed by atoms with Crippen LogP contribution in [0.2, 0.25) is 5.15 Å². The van der Waals surface area contributed by atoms with Gasteiger partial charge < -0.3 is 10.2 Å². The smallest absolute Gasteiger partial charge is 0.255 e. The molecule has 0 amide bonds. The van der Waals surface area contributed by atoms with Crippen LogP contribution in [0.5, 0.6) is 0 Å². The Labute approximate surface area is 124 Å². The fourth-order valence-corrected chi connectivity index (χ4v) is 2.32. The third kappa shape index (κ3) is 3.19. The third-order valence-electron chi connectivity index (χ3n) is 3.44. The topological polar surface area (TPSA) is 58.3 Å². The molecule has 1 N–H and O–H groups in total. The molecule has 0 aromatic carbocycles. The Morgan fingerprint density at radius 1 is 1.35 bits per heavy atom. The van der Waals surface area contributed by atoms with Gasteiger partial charge in [0.1, 0.15) is 17.3 Å². The Morgan fingerprint density at radius 3 is 2.80 bits per heavy atom. The number of anilines is 1. The highest BCUT2D eigenvalue weighted by Gasteiger charge is 2.11. The molecular weight excluding hydrogens is 276 g/mol. The molecule has 0 unspecified atom stereocenters. The molecule has 0 fully saturated rings. The lowest BCUT2D eigenvalue weighted by Crippen LogP contribution is -2.25. The van der Waals surface area contributed by atoms with E-state index in [9.17, 15) is 0 Å². The molecule has 0 atom stereocenters. The fraction of sp³-hybridized carbons (Fsp3) is 0.615. The molecule has 0 spiro atoms. The second kappa shape index (κ2) is 6.85. The van der Waals surface area contributed by atoms with Gasteiger partial charge in [0.2, 0.25) is 0 Å². The van der Waals surface area contributed by atoms with Crippen molar-refractivity contribution in [2.75, 3.05) is 31.5 Å². The van der Waals surface area contributed by atoms with E-state index in [4.69, 9.17) is 11.6 Å². The first-order valence-electron chi connectivity index (χ1n) is 6.99. The first-order valence-corrected chi connectivity index (χ1v) is 7.37. The Morgan fingerprint density at radius 2 is 2.10 bits per heavy atom. The van der Waals surface area contributed by atoms with Crippen molar-refractivity contribution >= 4 is 23.2 Å². The lowest BCUT2D eigenvalue weighted by atomic mass is 10.3. The summed E-state index contributed by atoms with van der Waals surface area (Å²) in [5, 5.41) is 8.04. The van der Waals surface area contributed by atoms with Crippen molar-refractivity contribution in [1.29, 1.82) is 0 Å². The van der Waals surface area contributed by atoms with E-state index in [0.717, 1.165) is 44.0 Å². The van der Waals surface area contributed by atoms with Gasteiger partial charge in [0.15, 0.2) is 0 Å². The van der Waals surface area contributed by atoms with E-state index in [0.29, 0.717) is 10.9 Å².